The average molecular weight is 906 g/mol. The number of hydrogen-bond donors (Lipinski definition) is 0. The molecular weight excluding hydrogens is 836 g/mol. The van der Waals surface area contributed by atoms with E-state index in [2.05, 4.69) is 78.2 Å². The summed E-state index contributed by atoms with van der Waals surface area (Å²) in [5.41, 5.74) is 1.79. The van der Waals surface area contributed by atoms with Crippen molar-refractivity contribution in [1.82, 2.24) is 0 Å². The monoisotopic (exact) mass is 904 g/mol. The number of ether oxygens (including phenoxy) is 9. The van der Waals surface area contributed by atoms with Gasteiger partial charge in [-0.2, -0.15) is 0 Å². The molecule has 9 nitrogen and oxygen atoms in total. The summed E-state index contributed by atoms with van der Waals surface area (Å²) in [5, 5.41) is 0.693. The summed E-state index contributed by atoms with van der Waals surface area (Å²) >= 11 is 9.40. The van der Waals surface area contributed by atoms with Gasteiger partial charge in [0.05, 0.1) is 56.4 Å². The minimum Gasteiger partial charge on any atom is -0.326 e. The lowest BCUT2D eigenvalue weighted by molar-refractivity contribution is -0.521. The van der Waals surface area contributed by atoms with Crippen LogP contribution < -0.4 is 0 Å². The van der Waals surface area contributed by atoms with Crippen molar-refractivity contribution < 1.29 is 42.6 Å². The second-order valence-electron chi connectivity index (χ2n) is 18.4. The molecule has 6 bridgehead atoms. The Kier molecular flexibility index (Phi) is 14.1. The third-order valence-electron chi connectivity index (χ3n) is 15.1. The minimum absolute atomic E-state index is 0.0220. The summed E-state index contributed by atoms with van der Waals surface area (Å²) in [5.74, 6) is -2.41. The van der Waals surface area contributed by atoms with Gasteiger partial charge in [0.25, 0.3) is 5.97 Å². The number of fused-ring (bicyclic) bond motifs is 9. The summed E-state index contributed by atoms with van der Waals surface area (Å²) in [6, 6.07) is 15.4. The van der Waals surface area contributed by atoms with Crippen molar-refractivity contribution in [3.63, 3.8) is 0 Å². The van der Waals surface area contributed by atoms with Gasteiger partial charge in [0.15, 0.2) is 0 Å². The van der Waals surface area contributed by atoms with E-state index in [0.29, 0.717) is 24.2 Å². The van der Waals surface area contributed by atoms with Crippen molar-refractivity contribution >= 4 is 27.5 Å². The highest BCUT2D eigenvalue weighted by atomic mass is 79.9. The smallest absolute Gasteiger partial charge is 0.312 e. The fraction of sp³-hybridized carbons (Fsp3) is 0.750. The maximum atomic E-state index is 6.29. The molecular formula is C48H70BrClO9. The Balaban J connectivity index is 0.000000134. The lowest BCUT2D eigenvalue weighted by atomic mass is 9.72. The van der Waals surface area contributed by atoms with Crippen LogP contribution in [0.15, 0.2) is 53.0 Å². The highest BCUT2D eigenvalue weighted by Gasteiger charge is 2.64. The topological polar surface area (TPSA) is 83.1 Å². The highest BCUT2D eigenvalue weighted by Crippen LogP contribution is 2.56. The standard InChI is InChI=1S/C16H21BrO3.C16H21ClO3.C16H28O3/c2*1-4-9-15-10-18-16(19-11(15)2,20-12(15)3)13-5-7-14(17)8-6-13;1-4-10-15-11-17-16(18-12(15)2,19-13(15)3)14-8-6-5-7-9-14/h2*5-8,11-12H,4,9-10H2,1-3H3;12-14H,4-11H2,1-3H3. The molecule has 59 heavy (non-hydrogen) atoms. The molecule has 0 radical (unpaired) electrons. The zero-order chi connectivity index (χ0) is 42.3. The Bertz CT molecular complexity index is 1550. The van der Waals surface area contributed by atoms with Crippen molar-refractivity contribution in [2.75, 3.05) is 19.8 Å². The fourth-order valence-electron chi connectivity index (χ4n) is 11.2. The first-order valence-electron chi connectivity index (χ1n) is 22.7. The Morgan fingerprint density at radius 2 is 0.864 bits per heavy atom. The van der Waals surface area contributed by atoms with Gasteiger partial charge in [-0.25, -0.2) is 0 Å². The van der Waals surface area contributed by atoms with Crippen LogP contribution in [-0.4, -0.2) is 62.4 Å². The quantitative estimate of drug-likeness (QED) is 0.244. The molecule has 11 heteroatoms. The number of rotatable bonds is 9. The predicted molar refractivity (Wildman–Crippen MR) is 231 cm³/mol. The summed E-state index contributed by atoms with van der Waals surface area (Å²) < 4.78 is 56.4. The van der Waals surface area contributed by atoms with Crippen molar-refractivity contribution in [2.24, 2.45) is 22.2 Å². The van der Waals surface area contributed by atoms with Gasteiger partial charge in [0.2, 0.25) is 0 Å². The van der Waals surface area contributed by atoms with Crippen LogP contribution >= 0.6 is 27.5 Å². The van der Waals surface area contributed by atoms with Crippen molar-refractivity contribution in [3.05, 3.63) is 69.2 Å². The zero-order valence-electron chi connectivity index (χ0n) is 37.0. The first-order valence-corrected chi connectivity index (χ1v) is 23.9. The fourth-order valence-corrected chi connectivity index (χ4v) is 11.5. The molecule has 10 fully saturated rings. The first-order chi connectivity index (χ1) is 28.2. The lowest BCUT2D eigenvalue weighted by Crippen LogP contribution is -2.69. The lowest BCUT2D eigenvalue weighted by Gasteiger charge is -2.61. The Morgan fingerprint density at radius 1 is 0.508 bits per heavy atom. The summed E-state index contributed by atoms with van der Waals surface area (Å²) in [6.07, 6.45) is 13.8. The van der Waals surface area contributed by atoms with Gasteiger partial charge in [-0.05, 0) is 122 Å². The summed E-state index contributed by atoms with van der Waals surface area (Å²) in [4.78, 5) is 0. The molecule has 0 spiro atoms. The molecule has 1 aliphatic carbocycles. The first kappa shape index (κ1) is 45.9. The molecule has 9 aliphatic heterocycles. The van der Waals surface area contributed by atoms with E-state index in [4.69, 9.17) is 54.2 Å². The van der Waals surface area contributed by atoms with E-state index >= 15 is 0 Å². The molecule has 0 N–H and O–H groups in total. The third kappa shape index (κ3) is 8.27. The van der Waals surface area contributed by atoms with E-state index in [9.17, 15) is 0 Å². The summed E-state index contributed by atoms with van der Waals surface area (Å²) in [7, 11) is 0. The molecule has 2 aromatic rings. The zero-order valence-corrected chi connectivity index (χ0v) is 39.3. The maximum Gasteiger partial charge on any atom is 0.312 e. The van der Waals surface area contributed by atoms with Crippen LogP contribution in [0.2, 0.25) is 5.02 Å². The summed E-state index contributed by atoms with van der Waals surface area (Å²) in [6.45, 7) is 21.8. The molecule has 10 aliphatic rings. The molecule has 12 rings (SSSR count). The Morgan fingerprint density at radius 3 is 1.22 bits per heavy atom. The van der Waals surface area contributed by atoms with Gasteiger partial charge in [-0.1, -0.05) is 86.8 Å². The molecule has 2 aromatic carbocycles. The van der Waals surface area contributed by atoms with Gasteiger partial charge >= 0.3 is 11.9 Å². The van der Waals surface area contributed by atoms with Crippen LogP contribution in [0.1, 0.15) is 144 Å². The SMILES string of the molecule is CCCC12COC(C3CCCCC3)(OC1C)OC2C.CCCC12COC(c3ccc(Br)cc3)(OC1C)OC2C.CCCC12COC(c3ccc(Cl)cc3)(OC1C)OC2C. The molecule has 330 valence electrons. The molecule has 0 amide bonds. The average Bonchev–Trinajstić information content (AvgIpc) is 3.22. The van der Waals surface area contributed by atoms with Gasteiger partial charge in [-0.3, -0.25) is 0 Å². The van der Waals surface area contributed by atoms with Gasteiger partial charge in [0, 0.05) is 42.8 Å². The predicted octanol–water partition coefficient (Wildman–Crippen LogP) is 12.2. The van der Waals surface area contributed by atoms with E-state index in [-0.39, 0.29) is 52.9 Å². The minimum atomic E-state index is -1.07. The molecule has 9 heterocycles. The number of hydrogen-bond acceptors (Lipinski definition) is 9. The normalized spacial score (nSPS) is 42.4. The van der Waals surface area contributed by atoms with Gasteiger partial charge in [0.1, 0.15) is 0 Å². The van der Waals surface area contributed by atoms with Gasteiger partial charge in [-0.15, -0.1) is 0 Å². The number of halogens is 2. The molecule has 1 saturated carbocycles. The molecule has 9 saturated heterocycles. The number of benzene rings is 2. The van der Waals surface area contributed by atoms with E-state index < -0.39 is 17.9 Å². The molecule has 6 atom stereocenters. The van der Waals surface area contributed by atoms with Gasteiger partial charge < -0.3 is 42.6 Å². The van der Waals surface area contributed by atoms with Crippen LogP contribution in [0.3, 0.4) is 0 Å². The van der Waals surface area contributed by atoms with Crippen LogP contribution in [0.5, 0.6) is 0 Å². The van der Waals surface area contributed by atoms with Crippen molar-refractivity contribution in [1.29, 1.82) is 0 Å². The van der Waals surface area contributed by atoms with Crippen LogP contribution in [0.25, 0.3) is 0 Å². The highest BCUT2D eigenvalue weighted by molar-refractivity contribution is 9.10. The van der Waals surface area contributed by atoms with Crippen LogP contribution in [0.4, 0.5) is 0 Å². The third-order valence-corrected chi connectivity index (χ3v) is 15.9. The molecule has 0 aromatic heterocycles. The Hall–Kier alpha value is -1.15. The largest absolute Gasteiger partial charge is 0.326 e. The van der Waals surface area contributed by atoms with Crippen LogP contribution in [-0.2, 0) is 54.6 Å². The Labute approximate surface area is 367 Å². The van der Waals surface area contributed by atoms with Crippen LogP contribution in [0, 0.1) is 22.2 Å². The second kappa shape index (κ2) is 18.1. The molecule has 6 unspecified atom stereocenters. The van der Waals surface area contributed by atoms with E-state index in [0.717, 1.165) is 60.7 Å². The van der Waals surface area contributed by atoms with Crippen molar-refractivity contribution in [2.45, 2.75) is 187 Å². The maximum absolute atomic E-state index is 6.29. The van der Waals surface area contributed by atoms with E-state index in [1.807, 2.05) is 48.5 Å². The second-order valence-corrected chi connectivity index (χ2v) is 19.8. The van der Waals surface area contributed by atoms with E-state index in [1.54, 1.807) is 0 Å². The van der Waals surface area contributed by atoms with E-state index in [1.165, 1.54) is 32.1 Å². The van der Waals surface area contributed by atoms with Crippen molar-refractivity contribution in [3.8, 4) is 0 Å².